The summed E-state index contributed by atoms with van der Waals surface area (Å²) in [5.41, 5.74) is 2.11. The van der Waals surface area contributed by atoms with Crippen molar-refractivity contribution in [2.24, 2.45) is 5.92 Å². The van der Waals surface area contributed by atoms with Crippen LogP contribution < -0.4 is 0 Å². The monoisotopic (exact) mass is 362 g/mol. The lowest BCUT2D eigenvalue weighted by Gasteiger charge is -2.28. The average Bonchev–Trinajstić information content (AvgIpc) is 2.81. The molecule has 4 atom stereocenters. The first-order valence-corrected chi connectivity index (χ1v) is 8.66. The molecule has 0 aromatic rings. The Labute approximate surface area is 153 Å². The van der Waals surface area contributed by atoms with Crippen LogP contribution in [0.2, 0.25) is 0 Å². The minimum Gasteiger partial charge on any atom is -0.458 e. The largest absolute Gasteiger partial charge is 0.458 e. The second kappa shape index (κ2) is 8.47. The molecule has 6 nitrogen and oxygen atoms in total. The van der Waals surface area contributed by atoms with Crippen LogP contribution in [0.3, 0.4) is 0 Å². The third-order valence-corrected chi connectivity index (χ3v) is 4.68. The second-order valence-corrected chi connectivity index (χ2v) is 6.84. The summed E-state index contributed by atoms with van der Waals surface area (Å²) in [6, 6.07) is 0. The molecule has 0 saturated carbocycles. The summed E-state index contributed by atoms with van der Waals surface area (Å²) in [6.45, 7) is 8.72. The van der Waals surface area contributed by atoms with Gasteiger partial charge in [0.15, 0.2) is 0 Å². The van der Waals surface area contributed by atoms with Crippen molar-refractivity contribution in [3.8, 4) is 0 Å². The van der Waals surface area contributed by atoms with Crippen LogP contribution in [0.1, 0.15) is 33.6 Å². The summed E-state index contributed by atoms with van der Waals surface area (Å²) in [5.74, 6) is -1.67. The molecule has 2 rings (SSSR count). The number of rotatable bonds is 3. The standard InChI is InChI=1S/C20H26O6/c1-5-14(10-21)20(24)26-17-9-12(3)7-15(22)6-11(2)8-16-18(17)13(4)19(23)25-16/h5,7-8,15-18,21-22H,4,6,9-10H2,1-3H3/b11-8+,12-7+,14-5-. The molecule has 1 heterocycles. The molecule has 1 saturated heterocycles. The number of hydrogen-bond donors (Lipinski definition) is 2. The molecule has 2 aliphatic rings. The van der Waals surface area contributed by atoms with E-state index in [2.05, 4.69) is 6.58 Å². The van der Waals surface area contributed by atoms with Gasteiger partial charge in [0.05, 0.1) is 24.2 Å². The zero-order chi connectivity index (χ0) is 19.4. The third kappa shape index (κ3) is 4.51. The van der Waals surface area contributed by atoms with Crippen molar-refractivity contribution in [3.63, 3.8) is 0 Å². The van der Waals surface area contributed by atoms with Gasteiger partial charge in [0.2, 0.25) is 0 Å². The van der Waals surface area contributed by atoms with Gasteiger partial charge in [-0.05, 0) is 33.3 Å². The van der Waals surface area contributed by atoms with Gasteiger partial charge in [-0.15, -0.1) is 0 Å². The van der Waals surface area contributed by atoms with E-state index in [4.69, 9.17) is 9.47 Å². The Morgan fingerprint density at radius 2 is 2.00 bits per heavy atom. The lowest BCUT2D eigenvalue weighted by Crippen LogP contribution is -2.34. The van der Waals surface area contributed by atoms with E-state index < -0.39 is 42.8 Å². The molecule has 142 valence electrons. The number of carbonyl (C=O) groups excluding carboxylic acids is 2. The predicted octanol–water partition coefficient (Wildman–Crippen LogP) is 1.98. The smallest absolute Gasteiger partial charge is 0.336 e. The summed E-state index contributed by atoms with van der Waals surface area (Å²) in [6.07, 6.45) is 3.79. The van der Waals surface area contributed by atoms with E-state index in [9.17, 15) is 19.8 Å². The Bertz CT molecular complexity index is 684. The Kier molecular flexibility index (Phi) is 6.56. The summed E-state index contributed by atoms with van der Waals surface area (Å²) in [7, 11) is 0. The van der Waals surface area contributed by atoms with Gasteiger partial charge in [-0.1, -0.05) is 29.9 Å². The van der Waals surface area contributed by atoms with Crippen molar-refractivity contribution in [1.82, 2.24) is 0 Å². The SMILES string of the molecule is C=C1C(=O)OC2/C=C(\C)CC(O)/C=C(\C)CC(OC(=O)/C(=C\C)CO)C12. The molecule has 0 radical (unpaired) electrons. The maximum atomic E-state index is 12.3. The van der Waals surface area contributed by atoms with Crippen molar-refractivity contribution >= 4 is 11.9 Å². The van der Waals surface area contributed by atoms with Gasteiger partial charge in [-0.25, -0.2) is 9.59 Å². The lowest BCUT2D eigenvalue weighted by molar-refractivity contribution is -0.147. The number of carbonyl (C=O) groups is 2. The molecule has 0 bridgehead atoms. The van der Waals surface area contributed by atoms with E-state index in [0.29, 0.717) is 12.8 Å². The number of fused-ring (bicyclic) bond motifs is 1. The first-order valence-electron chi connectivity index (χ1n) is 8.66. The first kappa shape index (κ1) is 20.1. The van der Waals surface area contributed by atoms with Crippen LogP contribution >= 0.6 is 0 Å². The van der Waals surface area contributed by atoms with E-state index in [-0.39, 0.29) is 11.1 Å². The van der Waals surface area contributed by atoms with Crippen molar-refractivity contribution in [2.45, 2.75) is 51.9 Å². The number of esters is 2. The van der Waals surface area contributed by atoms with Crippen LogP contribution in [0.4, 0.5) is 0 Å². The lowest BCUT2D eigenvalue weighted by atomic mass is 9.85. The van der Waals surface area contributed by atoms with E-state index in [1.165, 1.54) is 6.08 Å². The van der Waals surface area contributed by atoms with Gasteiger partial charge in [0, 0.05) is 12.0 Å². The van der Waals surface area contributed by atoms with Gasteiger partial charge >= 0.3 is 11.9 Å². The molecule has 1 aliphatic heterocycles. The number of allylic oxidation sites excluding steroid dienone is 1. The summed E-state index contributed by atoms with van der Waals surface area (Å²) in [5, 5.41) is 19.4. The third-order valence-electron chi connectivity index (χ3n) is 4.68. The number of aliphatic hydroxyl groups is 2. The fourth-order valence-electron chi connectivity index (χ4n) is 3.36. The second-order valence-electron chi connectivity index (χ2n) is 6.84. The molecular weight excluding hydrogens is 336 g/mol. The zero-order valence-electron chi connectivity index (χ0n) is 15.4. The Balaban J connectivity index is 2.41. The van der Waals surface area contributed by atoms with Gasteiger partial charge in [0.1, 0.15) is 12.2 Å². The molecule has 0 amide bonds. The fourth-order valence-corrected chi connectivity index (χ4v) is 3.36. The molecule has 1 fully saturated rings. The van der Waals surface area contributed by atoms with Gasteiger partial charge in [-0.3, -0.25) is 0 Å². The van der Waals surface area contributed by atoms with Crippen LogP contribution in [-0.2, 0) is 19.1 Å². The molecule has 0 spiro atoms. The van der Waals surface area contributed by atoms with Crippen molar-refractivity contribution in [2.75, 3.05) is 6.61 Å². The summed E-state index contributed by atoms with van der Waals surface area (Å²) >= 11 is 0. The molecule has 0 aromatic heterocycles. The highest BCUT2D eigenvalue weighted by Crippen LogP contribution is 2.36. The minimum absolute atomic E-state index is 0.142. The maximum absolute atomic E-state index is 12.3. The van der Waals surface area contributed by atoms with Crippen molar-refractivity contribution in [1.29, 1.82) is 0 Å². The molecule has 26 heavy (non-hydrogen) atoms. The zero-order valence-corrected chi connectivity index (χ0v) is 15.4. The molecule has 4 unspecified atom stereocenters. The number of aliphatic hydroxyl groups excluding tert-OH is 2. The normalized spacial score (nSPS) is 34.1. The minimum atomic E-state index is -0.696. The number of hydrogen-bond acceptors (Lipinski definition) is 6. The topological polar surface area (TPSA) is 93.1 Å². The fraction of sp³-hybridized carbons (Fsp3) is 0.500. The summed E-state index contributed by atoms with van der Waals surface area (Å²) < 4.78 is 11.0. The van der Waals surface area contributed by atoms with E-state index in [1.807, 2.05) is 13.8 Å². The van der Waals surface area contributed by atoms with E-state index in [1.54, 1.807) is 19.1 Å². The predicted molar refractivity (Wildman–Crippen MR) is 96.0 cm³/mol. The highest BCUT2D eigenvalue weighted by molar-refractivity contribution is 5.92. The van der Waals surface area contributed by atoms with Crippen LogP contribution in [-0.4, -0.2) is 47.1 Å². The van der Waals surface area contributed by atoms with Crippen LogP contribution in [0.5, 0.6) is 0 Å². The molecule has 2 N–H and O–H groups in total. The van der Waals surface area contributed by atoms with Gasteiger partial charge in [0.25, 0.3) is 0 Å². The summed E-state index contributed by atoms with van der Waals surface area (Å²) in [4.78, 5) is 24.4. The molecule has 1 aliphatic carbocycles. The van der Waals surface area contributed by atoms with E-state index in [0.717, 1.165) is 11.1 Å². The highest BCUT2D eigenvalue weighted by atomic mass is 16.6. The van der Waals surface area contributed by atoms with Crippen molar-refractivity contribution < 1.29 is 29.3 Å². The Morgan fingerprint density at radius 3 is 2.62 bits per heavy atom. The number of ether oxygens (including phenoxy) is 2. The van der Waals surface area contributed by atoms with Crippen molar-refractivity contribution in [3.05, 3.63) is 47.1 Å². The Morgan fingerprint density at radius 1 is 1.35 bits per heavy atom. The van der Waals surface area contributed by atoms with Gasteiger partial charge < -0.3 is 19.7 Å². The Hall–Kier alpha value is -2.18. The van der Waals surface area contributed by atoms with Gasteiger partial charge in [-0.2, -0.15) is 0 Å². The van der Waals surface area contributed by atoms with Crippen LogP contribution in [0.25, 0.3) is 0 Å². The van der Waals surface area contributed by atoms with Crippen LogP contribution in [0.15, 0.2) is 47.1 Å². The molecule has 0 aromatic carbocycles. The average molecular weight is 362 g/mol. The highest BCUT2D eigenvalue weighted by Gasteiger charge is 2.44. The molecular formula is C20H26O6. The van der Waals surface area contributed by atoms with Crippen LogP contribution in [0, 0.1) is 5.92 Å². The first-order chi connectivity index (χ1) is 12.3. The molecule has 6 heteroatoms. The quantitative estimate of drug-likeness (QED) is 0.453. The maximum Gasteiger partial charge on any atom is 0.336 e. The van der Waals surface area contributed by atoms with E-state index >= 15 is 0 Å².